The van der Waals surface area contributed by atoms with E-state index in [4.69, 9.17) is 23.7 Å². The monoisotopic (exact) mass is 472 g/mol. The van der Waals surface area contributed by atoms with Crippen LogP contribution in [0.2, 0.25) is 0 Å². The van der Waals surface area contributed by atoms with Gasteiger partial charge in [-0.2, -0.15) is 0 Å². The van der Waals surface area contributed by atoms with Crippen LogP contribution in [0.25, 0.3) is 0 Å². The molecule has 2 aliphatic heterocycles. The average Bonchev–Trinajstić information content (AvgIpc) is 3.01. The maximum atomic E-state index is 11.8. The highest BCUT2D eigenvalue weighted by Gasteiger charge is 2.51. The van der Waals surface area contributed by atoms with Crippen LogP contribution in [0.5, 0.6) is 0 Å². The normalized spacial score (nSPS) is 27.2. The summed E-state index contributed by atoms with van der Waals surface area (Å²) in [5.41, 5.74) is 0. The van der Waals surface area contributed by atoms with Crippen molar-refractivity contribution in [1.82, 2.24) is 10.2 Å². The van der Waals surface area contributed by atoms with Crippen molar-refractivity contribution in [2.24, 2.45) is 0 Å². The van der Waals surface area contributed by atoms with Crippen molar-refractivity contribution >= 4 is 35.6 Å². The molecular formula is C20H28N2O11. The molecule has 2 rings (SSSR count). The molecule has 0 bridgehead atoms. The fourth-order valence-corrected chi connectivity index (χ4v) is 3.57. The SMILES string of the molecule is CC(=O)NC1C(OCCN2C(=O)CCC2=O)OC(COC(C)=O)C(OC(C)=O)C1OC(C)=O. The van der Waals surface area contributed by atoms with Crippen molar-refractivity contribution in [2.75, 3.05) is 19.8 Å². The van der Waals surface area contributed by atoms with Crippen LogP contribution in [0.15, 0.2) is 0 Å². The van der Waals surface area contributed by atoms with E-state index in [0.717, 1.165) is 18.7 Å². The van der Waals surface area contributed by atoms with Gasteiger partial charge in [-0.1, -0.05) is 0 Å². The zero-order valence-electron chi connectivity index (χ0n) is 18.9. The molecule has 33 heavy (non-hydrogen) atoms. The topological polar surface area (TPSA) is 164 Å². The molecule has 0 aromatic heterocycles. The van der Waals surface area contributed by atoms with Crippen molar-refractivity contribution in [3.63, 3.8) is 0 Å². The first-order valence-electron chi connectivity index (χ1n) is 10.3. The Kier molecular flexibility index (Phi) is 9.29. The van der Waals surface area contributed by atoms with Gasteiger partial charge in [-0.25, -0.2) is 0 Å². The summed E-state index contributed by atoms with van der Waals surface area (Å²) >= 11 is 0. The number of nitrogens with one attached hydrogen (secondary N) is 1. The molecule has 0 aliphatic carbocycles. The molecule has 0 aromatic carbocycles. The standard InChI is InChI=1S/C20H28N2O11/c1-10(23)21-17-19(32-13(4)26)18(31-12(3)25)14(9-30-11(2)24)33-20(17)29-8-7-22-15(27)5-6-16(22)28/h14,17-20H,5-9H2,1-4H3,(H,21,23). The second kappa shape index (κ2) is 11.7. The summed E-state index contributed by atoms with van der Waals surface area (Å²) in [4.78, 5) is 71.3. The Morgan fingerprint density at radius 3 is 2.03 bits per heavy atom. The summed E-state index contributed by atoms with van der Waals surface area (Å²) in [5.74, 6) is -3.25. The number of carbonyl (C=O) groups excluding carboxylic acids is 6. The Balaban J connectivity index is 2.27. The third kappa shape index (κ3) is 7.49. The van der Waals surface area contributed by atoms with Crippen molar-refractivity contribution in [3.05, 3.63) is 0 Å². The smallest absolute Gasteiger partial charge is 0.303 e. The maximum absolute atomic E-state index is 11.8. The molecule has 2 fully saturated rings. The molecule has 2 aliphatic rings. The fourth-order valence-electron chi connectivity index (χ4n) is 3.57. The van der Waals surface area contributed by atoms with Gasteiger partial charge in [-0.3, -0.25) is 33.7 Å². The van der Waals surface area contributed by atoms with Gasteiger partial charge in [0.05, 0.1) is 13.2 Å². The molecule has 2 saturated heterocycles. The number of imide groups is 1. The predicted octanol–water partition coefficient (Wildman–Crippen LogP) is -1.19. The van der Waals surface area contributed by atoms with Gasteiger partial charge in [0.15, 0.2) is 18.5 Å². The number of rotatable bonds is 9. The van der Waals surface area contributed by atoms with Gasteiger partial charge in [-0.05, 0) is 0 Å². The number of amides is 3. The zero-order chi connectivity index (χ0) is 24.7. The molecule has 3 amide bonds. The summed E-state index contributed by atoms with van der Waals surface area (Å²) in [5, 5.41) is 2.56. The van der Waals surface area contributed by atoms with Gasteiger partial charge in [0.1, 0.15) is 18.8 Å². The highest BCUT2D eigenvalue weighted by molar-refractivity contribution is 6.01. The summed E-state index contributed by atoms with van der Waals surface area (Å²) in [6.07, 6.45) is -4.59. The predicted molar refractivity (Wildman–Crippen MR) is 106 cm³/mol. The minimum atomic E-state index is -1.25. The maximum Gasteiger partial charge on any atom is 0.303 e. The van der Waals surface area contributed by atoms with E-state index in [1.165, 1.54) is 13.8 Å². The number of likely N-dealkylation sites (tertiary alicyclic amines) is 1. The molecule has 0 spiro atoms. The zero-order valence-corrected chi connectivity index (χ0v) is 18.9. The molecule has 5 unspecified atom stereocenters. The second-order valence-corrected chi connectivity index (χ2v) is 7.53. The van der Waals surface area contributed by atoms with Crippen molar-refractivity contribution < 1.29 is 52.5 Å². The third-order valence-electron chi connectivity index (χ3n) is 4.82. The lowest BCUT2D eigenvalue weighted by Gasteiger charge is -2.45. The molecule has 13 nitrogen and oxygen atoms in total. The Hall–Kier alpha value is -3.06. The number of ether oxygens (including phenoxy) is 5. The molecule has 0 saturated carbocycles. The van der Waals surface area contributed by atoms with Crippen LogP contribution in [-0.4, -0.2) is 90.9 Å². The third-order valence-corrected chi connectivity index (χ3v) is 4.82. The Morgan fingerprint density at radius 1 is 0.939 bits per heavy atom. The molecule has 5 atom stereocenters. The van der Waals surface area contributed by atoms with Crippen molar-refractivity contribution in [2.45, 2.75) is 71.2 Å². The Bertz CT molecular complexity index is 783. The summed E-state index contributed by atoms with van der Waals surface area (Å²) in [6, 6.07) is -1.12. The van der Waals surface area contributed by atoms with Gasteiger partial charge in [-0.15, -0.1) is 0 Å². The highest BCUT2D eigenvalue weighted by Crippen LogP contribution is 2.28. The van der Waals surface area contributed by atoms with Gasteiger partial charge in [0, 0.05) is 40.5 Å². The summed E-state index contributed by atoms with van der Waals surface area (Å²) in [6.45, 7) is 4.09. The number of esters is 3. The minimum absolute atomic E-state index is 0.0511. The van der Waals surface area contributed by atoms with Crippen LogP contribution in [0.4, 0.5) is 0 Å². The fraction of sp³-hybridized carbons (Fsp3) is 0.700. The van der Waals surface area contributed by atoms with Crippen LogP contribution in [0.3, 0.4) is 0 Å². The largest absolute Gasteiger partial charge is 0.463 e. The van der Waals surface area contributed by atoms with E-state index in [1.54, 1.807) is 0 Å². The lowest BCUT2D eigenvalue weighted by Crippen LogP contribution is -2.66. The van der Waals surface area contributed by atoms with Gasteiger partial charge in [0.25, 0.3) is 0 Å². The highest BCUT2D eigenvalue weighted by atomic mass is 16.7. The van der Waals surface area contributed by atoms with E-state index in [9.17, 15) is 28.8 Å². The van der Waals surface area contributed by atoms with Crippen molar-refractivity contribution in [1.29, 1.82) is 0 Å². The Labute approximate surface area is 190 Å². The average molecular weight is 472 g/mol. The quantitative estimate of drug-likeness (QED) is 0.244. The first kappa shape index (κ1) is 26.2. The molecule has 0 aromatic rings. The molecular weight excluding hydrogens is 444 g/mol. The number of nitrogens with zero attached hydrogens (tertiary/aromatic N) is 1. The number of hydrogen-bond donors (Lipinski definition) is 1. The van der Waals surface area contributed by atoms with E-state index < -0.39 is 54.5 Å². The van der Waals surface area contributed by atoms with E-state index in [2.05, 4.69) is 5.32 Å². The second-order valence-electron chi connectivity index (χ2n) is 7.53. The first-order chi connectivity index (χ1) is 15.5. The number of hydrogen-bond acceptors (Lipinski definition) is 11. The van der Waals surface area contributed by atoms with Crippen LogP contribution in [0.1, 0.15) is 40.5 Å². The summed E-state index contributed by atoms with van der Waals surface area (Å²) in [7, 11) is 0. The van der Waals surface area contributed by atoms with Crippen LogP contribution >= 0.6 is 0 Å². The van der Waals surface area contributed by atoms with Crippen molar-refractivity contribution in [3.8, 4) is 0 Å². The minimum Gasteiger partial charge on any atom is -0.463 e. The first-order valence-corrected chi connectivity index (χ1v) is 10.3. The molecule has 184 valence electrons. The van der Waals surface area contributed by atoms with E-state index in [0.29, 0.717) is 0 Å². The van der Waals surface area contributed by atoms with E-state index in [1.807, 2.05) is 0 Å². The lowest BCUT2D eigenvalue weighted by atomic mass is 9.96. The van der Waals surface area contributed by atoms with E-state index in [-0.39, 0.29) is 44.4 Å². The van der Waals surface area contributed by atoms with Gasteiger partial charge < -0.3 is 29.0 Å². The molecule has 13 heteroatoms. The van der Waals surface area contributed by atoms with Crippen LogP contribution in [-0.2, 0) is 52.5 Å². The van der Waals surface area contributed by atoms with E-state index >= 15 is 0 Å². The van der Waals surface area contributed by atoms with Gasteiger partial charge in [0.2, 0.25) is 17.7 Å². The lowest BCUT2D eigenvalue weighted by molar-refractivity contribution is -0.277. The number of carbonyl (C=O) groups is 6. The van der Waals surface area contributed by atoms with Crippen LogP contribution < -0.4 is 5.32 Å². The van der Waals surface area contributed by atoms with Gasteiger partial charge >= 0.3 is 17.9 Å². The summed E-state index contributed by atoms with van der Waals surface area (Å²) < 4.78 is 27.2. The molecule has 2 heterocycles. The van der Waals surface area contributed by atoms with Crippen LogP contribution in [0, 0.1) is 0 Å². The molecule has 1 N–H and O–H groups in total. The Morgan fingerprint density at radius 2 is 1.52 bits per heavy atom. The molecule has 0 radical (unpaired) electrons.